The number of allylic oxidation sites excluding steroid dienone is 1. The quantitative estimate of drug-likeness (QED) is 0.602. The van der Waals surface area contributed by atoms with Gasteiger partial charge in [0.25, 0.3) is 0 Å². The highest BCUT2D eigenvalue weighted by molar-refractivity contribution is 8.04. The molecule has 0 amide bonds. The van der Waals surface area contributed by atoms with Gasteiger partial charge in [-0.25, -0.2) is 0 Å². The van der Waals surface area contributed by atoms with Crippen molar-refractivity contribution in [2.45, 2.75) is 90.5 Å². The van der Waals surface area contributed by atoms with Crippen molar-refractivity contribution >= 4 is 17.5 Å². The summed E-state index contributed by atoms with van der Waals surface area (Å²) in [6.07, 6.45) is 5.01. The van der Waals surface area contributed by atoms with Gasteiger partial charge in [0, 0.05) is 48.2 Å². The number of aliphatic imine (C=N–C) groups is 1. The van der Waals surface area contributed by atoms with Crippen molar-refractivity contribution in [3.8, 4) is 0 Å². The molecule has 2 saturated heterocycles. The summed E-state index contributed by atoms with van der Waals surface area (Å²) in [4.78, 5) is 5.91. The Morgan fingerprint density at radius 3 is 3.00 bits per heavy atom. The molecule has 160 valence electrons. The first-order valence-electron chi connectivity index (χ1n) is 13.9. The first-order valence-corrected chi connectivity index (χ1v) is 12.3. The Kier molecular flexibility index (Phi) is 3.88. The highest BCUT2D eigenvalue weighted by Crippen LogP contribution is 2.56. The minimum atomic E-state index is -2.15. The average molecular weight is 420 g/mol. The Balaban J connectivity index is 1.52. The van der Waals surface area contributed by atoms with Crippen molar-refractivity contribution in [3.63, 3.8) is 0 Å². The molecule has 0 radical (unpaired) electrons. The van der Waals surface area contributed by atoms with Crippen LogP contribution < -0.4 is 5.32 Å². The maximum Gasteiger partial charge on any atom is 0.192 e. The lowest BCUT2D eigenvalue weighted by atomic mass is 9.69. The van der Waals surface area contributed by atoms with Gasteiger partial charge >= 0.3 is 0 Å². The summed E-state index contributed by atoms with van der Waals surface area (Å²) in [5, 5.41) is 3.95. The summed E-state index contributed by atoms with van der Waals surface area (Å²) in [5.74, 6) is 1.59. The largest absolute Gasteiger partial charge is 0.472 e. The molecule has 5 aliphatic rings. The second-order valence-electron chi connectivity index (χ2n) is 10.4. The Labute approximate surface area is 188 Å². The van der Waals surface area contributed by atoms with Crippen molar-refractivity contribution in [1.29, 1.82) is 0 Å². The zero-order chi connectivity index (χ0) is 24.6. The van der Waals surface area contributed by atoms with E-state index in [1.54, 1.807) is 0 Å². The molecule has 4 heterocycles. The molecule has 4 heteroatoms. The van der Waals surface area contributed by atoms with Crippen LogP contribution in [0.5, 0.6) is 0 Å². The summed E-state index contributed by atoms with van der Waals surface area (Å²) in [7, 11) is 0. The molecule has 0 saturated carbocycles. The molecule has 4 aliphatic heterocycles. The van der Waals surface area contributed by atoms with Crippen LogP contribution in [0.2, 0.25) is 0 Å². The van der Waals surface area contributed by atoms with Crippen molar-refractivity contribution in [3.05, 3.63) is 22.3 Å². The van der Waals surface area contributed by atoms with E-state index < -0.39 is 18.6 Å². The molecule has 0 aromatic rings. The van der Waals surface area contributed by atoms with Crippen molar-refractivity contribution in [2.24, 2.45) is 34.1 Å². The van der Waals surface area contributed by atoms with E-state index in [1.165, 1.54) is 10.5 Å². The van der Waals surface area contributed by atoms with Gasteiger partial charge in [0.1, 0.15) is 5.76 Å². The smallest absolute Gasteiger partial charge is 0.192 e. The van der Waals surface area contributed by atoms with E-state index in [-0.39, 0.29) is 35.3 Å². The molecule has 1 aliphatic carbocycles. The number of thioether (sulfide) groups is 1. The van der Waals surface area contributed by atoms with Gasteiger partial charge in [0.2, 0.25) is 0 Å². The van der Waals surface area contributed by atoms with Crippen LogP contribution in [0.3, 0.4) is 0 Å². The zero-order valence-corrected chi connectivity index (χ0v) is 18.9. The molecule has 5 rings (SSSR count). The second kappa shape index (κ2) is 7.44. The summed E-state index contributed by atoms with van der Waals surface area (Å²) < 4.78 is 48.2. The minimum Gasteiger partial charge on any atom is -0.472 e. The van der Waals surface area contributed by atoms with E-state index in [4.69, 9.17) is 8.85 Å². The van der Waals surface area contributed by atoms with Crippen LogP contribution >= 0.6 is 11.8 Å². The minimum absolute atomic E-state index is 0.0592. The lowest BCUT2D eigenvalue weighted by molar-refractivity contribution is 0.126. The zero-order valence-electron chi connectivity index (χ0n) is 23.1. The van der Waals surface area contributed by atoms with E-state index in [9.17, 15) is 2.74 Å². The molecule has 29 heavy (non-hydrogen) atoms. The average Bonchev–Trinajstić information content (AvgIpc) is 3.28. The third-order valence-corrected chi connectivity index (χ3v) is 8.64. The van der Waals surface area contributed by atoms with Crippen molar-refractivity contribution < 1.29 is 11.6 Å². The lowest BCUT2D eigenvalue weighted by Gasteiger charge is -2.39. The Hall–Kier alpha value is -0.740. The van der Waals surface area contributed by atoms with Gasteiger partial charge in [0.15, 0.2) is 6.23 Å². The van der Waals surface area contributed by atoms with E-state index in [0.717, 1.165) is 38.0 Å². The fraction of sp³-hybridized carbons (Fsp3) is 0.800. The van der Waals surface area contributed by atoms with Crippen LogP contribution in [0.25, 0.3) is 0 Å². The molecular weight excluding hydrogens is 376 g/mol. The predicted molar refractivity (Wildman–Crippen MR) is 123 cm³/mol. The monoisotopic (exact) mass is 419 g/mol. The number of rotatable bonds is 2. The van der Waals surface area contributed by atoms with Gasteiger partial charge in [-0.05, 0) is 67.1 Å². The molecule has 0 spiro atoms. The van der Waals surface area contributed by atoms with E-state index in [2.05, 4.69) is 23.3 Å². The van der Waals surface area contributed by atoms with Crippen molar-refractivity contribution in [1.82, 2.24) is 5.32 Å². The fourth-order valence-electron chi connectivity index (χ4n) is 6.14. The van der Waals surface area contributed by atoms with Gasteiger partial charge in [0.05, 0.1) is 0 Å². The summed E-state index contributed by atoms with van der Waals surface area (Å²) in [6.45, 7) is 6.87. The molecule has 2 fully saturated rings. The van der Waals surface area contributed by atoms with Crippen LogP contribution in [0.4, 0.5) is 0 Å². The summed E-state index contributed by atoms with van der Waals surface area (Å²) in [5.41, 5.74) is 1.13. The van der Waals surface area contributed by atoms with E-state index in [1.807, 2.05) is 32.5 Å². The normalized spacial score (nSPS) is 45.4. The molecule has 0 aromatic carbocycles. The molecule has 0 aromatic heterocycles. The number of hydrogen-bond donors (Lipinski definition) is 1. The first kappa shape index (κ1) is 15.1. The second-order valence-corrected chi connectivity index (χ2v) is 11.9. The number of ether oxygens (including phenoxy) is 1. The van der Waals surface area contributed by atoms with E-state index >= 15 is 0 Å². The summed E-state index contributed by atoms with van der Waals surface area (Å²) >= 11 is 1.85. The number of fused-ring (bicyclic) bond motifs is 4. The van der Waals surface area contributed by atoms with Crippen LogP contribution in [-0.2, 0) is 4.74 Å². The predicted octanol–water partition coefficient (Wildman–Crippen LogP) is 5.93. The topological polar surface area (TPSA) is 33.6 Å². The van der Waals surface area contributed by atoms with Gasteiger partial charge in [-0.1, -0.05) is 33.8 Å². The standard InChI is InChI=1S/C25H38N2OS/c1-14-9-10-17-16-7-6-8-18(23(16)28-24(17)27-14)22-21-19(13-25(3,4)5)15(2)29-20(21)11-12-26-22/h11,15-17,19,21-22,24,26H,6-10,12-13H2,1-5H3/t15-,16?,17?,19?,21?,22+,24?/m1/s1/i1D3,13D2. The van der Waals surface area contributed by atoms with Gasteiger partial charge in [-0.2, -0.15) is 0 Å². The molecule has 1 N–H and O–H groups in total. The van der Waals surface area contributed by atoms with Gasteiger partial charge in [-0.15, -0.1) is 11.8 Å². The highest BCUT2D eigenvalue weighted by Gasteiger charge is 2.50. The highest BCUT2D eigenvalue weighted by atomic mass is 32.2. The Bertz CT molecular complexity index is 935. The summed E-state index contributed by atoms with van der Waals surface area (Å²) in [6, 6.07) is 0.0592. The molecular formula is C25H38N2OS. The molecule has 0 bridgehead atoms. The van der Waals surface area contributed by atoms with Gasteiger partial charge in [-0.3, -0.25) is 4.99 Å². The van der Waals surface area contributed by atoms with Crippen LogP contribution in [0.15, 0.2) is 27.3 Å². The molecule has 5 unspecified atom stereocenters. The maximum atomic E-state index is 9.17. The van der Waals surface area contributed by atoms with E-state index in [0.29, 0.717) is 18.1 Å². The SMILES string of the molecule is [2H]C([2H])([2H])C1=NC2OC3=C([C@@H]4NCC=C5S[C@H](C)C(C([2H])([2H])C(C)(C)C)C54)CCCC3C2CC1. The Morgan fingerprint density at radius 1 is 1.34 bits per heavy atom. The first-order chi connectivity index (χ1) is 15.8. The molecule has 3 nitrogen and oxygen atoms in total. The lowest BCUT2D eigenvalue weighted by Crippen LogP contribution is -2.45. The van der Waals surface area contributed by atoms with Crippen molar-refractivity contribution in [2.75, 3.05) is 6.54 Å². The third kappa shape index (κ3) is 3.63. The maximum absolute atomic E-state index is 9.17. The van der Waals surface area contributed by atoms with Crippen LogP contribution in [-0.4, -0.2) is 29.8 Å². The third-order valence-electron chi connectivity index (χ3n) is 7.26. The van der Waals surface area contributed by atoms with Crippen LogP contribution in [0.1, 0.15) is 79.9 Å². The Morgan fingerprint density at radius 2 is 2.21 bits per heavy atom. The number of hydrogen-bond acceptors (Lipinski definition) is 4. The number of nitrogens with zero attached hydrogens (tertiary/aromatic N) is 1. The van der Waals surface area contributed by atoms with Gasteiger partial charge < -0.3 is 10.1 Å². The van der Waals surface area contributed by atoms with Crippen LogP contribution in [0, 0.1) is 29.1 Å². The fourth-order valence-corrected chi connectivity index (χ4v) is 7.57. The molecule has 7 atom stereocenters. The number of nitrogens with one attached hydrogen (secondary N) is 1.